The second-order valence-electron chi connectivity index (χ2n) is 4.54. The molecule has 0 aliphatic carbocycles. The first-order chi connectivity index (χ1) is 8.87. The van der Waals surface area contributed by atoms with Gasteiger partial charge in [0.05, 0.1) is 29.3 Å². The monoisotopic (exact) mass is 321 g/mol. The van der Waals surface area contributed by atoms with E-state index in [1.54, 1.807) is 24.3 Å². The molecule has 0 spiro atoms. The third kappa shape index (κ3) is 3.84. The van der Waals surface area contributed by atoms with Crippen LogP contribution in [0.2, 0.25) is 5.02 Å². The molecule has 0 radical (unpaired) electrons. The zero-order chi connectivity index (χ0) is 14.0. The van der Waals surface area contributed by atoms with Gasteiger partial charge in [-0.05, 0) is 11.6 Å². The molecule has 0 bridgehead atoms. The molecule has 1 amide bonds. The van der Waals surface area contributed by atoms with Crippen LogP contribution >= 0.6 is 23.2 Å². The van der Waals surface area contributed by atoms with Crippen LogP contribution in [0, 0.1) is 0 Å². The lowest BCUT2D eigenvalue weighted by Crippen LogP contribution is -2.41. The number of carbonyl (C=O) groups is 1. The average molecular weight is 322 g/mol. The molecule has 1 aromatic rings. The van der Waals surface area contributed by atoms with Crippen molar-refractivity contribution in [3.63, 3.8) is 0 Å². The van der Waals surface area contributed by atoms with E-state index in [0.29, 0.717) is 10.6 Å². The maximum absolute atomic E-state index is 11.9. The molecule has 1 heterocycles. The minimum Gasteiger partial charge on any atom is -0.351 e. The summed E-state index contributed by atoms with van der Waals surface area (Å²) in [4.78, 5) is 11.9. The van der Waals surface area contributed by atoms with Gasteiger partial charge in [-0.3, -0.25) is 4.79 Å². The minimum absolute atomic E-state index is 0.0917. The second kappa shape index (κ2) is 5.69. The molecule has 1 aliphatic rings. The van der Waals surface area contributed by atoms with E-state index >= 15 is 0 Å². The summed E-state index contributed by atoms with van der Waals surface area (Å²) in [5.74, 6) is -0.470. The highest BCUT2D eigenvalue weighted by Gasteiger charge is 2.37. The lowest BCUT2D eigenvalue weighted by atomic mass is 10.1. The van der Waals surface area contributed by atoms with Crippen molar-refractivity contribution in [2.45, 2.75) is 17.8 Å². The van der Waals surface area contributed by atoms with E-state index in [2.05, 4.69) is 5.32 Å². The number of nitrogens with one attached hydrogen (secondary N) is 1. The molecule has 1 fully saturated rings. The molecule has 7 heteroatoms. The fraction of sp³-hybridized carbons (Fsp3) is 0.417. The van der Waals surface area contributed by atoms with Crippen molar-refractivity contribution in [1.82, 2.24) is 5.32 Å². The summed E-state index contributed by atoms with van der Waals surface area (Å²) in [5, 5.41) is 2.60. The van der Waals surface area contributed by atoms with Crippen molar-refractivity contribution in [3.05, 3.63) is 34.9 Å². The van der Waals surface area contributed by atoms with Gasteiger partial charge in [0.2, 0.25) is 5.91 Å². The number of carbonyl (C=O) groups excluding carboxylic acids is 1. The first kappa shape index (κ1) is 14.6. The maximum Gasteiger partial charge on any atom is 0.224 e. The molecule has 0 aromatic heterocycles. The second-order valence-corrected chi connectivity index (χ2v) is 7.66. The molecule has 1 saturated heterocycles. The van der Waals surface area contributed by atoms with Crippen LogP contribution in [0.3, 0.4) is 0 Å². The topological polar surface area (TPSA) is 63.2 Å². The Morgan fingerprint density at radius 2 is 2.00 bits per heavy atom. The van der Waals surface area contributed by atoms with Crippen molar-refractivity contribution in [1.29, 1.82) is 0 Å². The van der Waals surface area contributed by atoms with Crippen molar-refractivity contribution >= 4 is 38.9 Å². The summed E-state index contributed by atoms with van der Waals surface area (Å²) in [6.07, 6.45) is 0.111. The van der Waals surface area contributed by atoms with Crippen LogP contribution in [0.4, 0.5) is 0 Å². The van der Waals surface area contributed by atoms with Crippen molar-refractivity contribution in [3.8, 4) is 0 Å². The fourth-order valence-electron chi connectivity index (χ4n) is 2.01. The van der Waals surface area contributed by atoms with Gasteiger partial charge in [0.25, 0.3) is 0 Å². The van der Waals surface area contributed by atoms with Gasteiger partial charge in [-0.15, -0.1) is 11.6 Å². The van der Waals surface area contributed by atoms with Gasteiger partial charge in [-0.2, -0.15) is 0 Å². The lowest BCUT2D eigenvalue weighted by molar-refractivity contribution is -0.120. The largest absolute Gasteiger partial charge is 0.351 e. The van der Waals surface area contributed by atoms with E-state index in [-0.39, 0.29) is 23.8 Å². The number of benzene rings is 1. The number of hydrogen-bond donors (Lipinski definition) is 1. The molecular weight excluding hydrogens is 309 g/mol. The third-order valence-corrected chi connectivity index (χ3v) is 5.68. The summed E-state index contributed by atoms with van der Waals surface area (Å²) in [5.41, 5.74) is 0.702. The Balaban J connectivity index is 1.98. The Hall–Kier alpha value is -0.780. The van der Waals surface area contributed by atoms with E-state index in [1.165, 1.54) is 0 Å². The van der Waals surface area contributed by atoms with Gasteiger partial charge >= 0.3 is 0 Å². The number of amides is 1. The van der Waals surface area contributed by atoms with Gasteiger partial charge in [0, 0.05) is 5.02 Å². The lowest BCUT2D eigenvalue weighted by Gasteiger charge is -2.14. The van der Waals surface area contributed by atoms with Crippen LogP contribution in [0.5, 0.6) is 0 Å². The van der Waals surface area contributed by atoms with Crippen molar-refractivity contribution in [2.24, 2.45) is 0 Å². The zero-order valence-corrected chi connectivity index (χ0v) is 12.3. The molecular formula is C12H13Cl2NO3S. The summed E-state index contributed by atoms with van der Waals surface area (Å²) in [7, 11) is -3.14. The predicted octanol–water partition coefficient (Wildman–Crippen LogP) is 1.40. The first-order valence-electron chi connectivity index (χ1n) is 5.74. The Morgan fingerprint density at radius 1 is 1.32 bits per heavy atom. The third-order valence-electron chi connectivity index (χ3n) is 2.94. The minimum atomic E-state index is -3.14. The highest BCUT2D eigenvalue weighted by Crippen LogP contribution is 2.19. The summed E-state index contributed by atoms with van der Waals surface area (Å²) in [6.45, 7) is 0. The highest BCUT2D eigenvalue weighted by molar-refractivity contribution is 7.91. The van der Waals surface area contributed by atoms with E-state index in [1.807, 2.05) is 0 Å². The molecule has 4 nitrogen and oxygen atoms in total. The first-order valence-corrected chi connectivity index (χ1v) is 8.38. The number of alkyl halides is 1. The Labute approximate surface area is 122 Å². The summed E-state index contributed by atoms with van der Waals surface area (Å²) in [6, 6.07) is 6.50. The standard InChI is InChI=1S/C12H13Cl2NO3S/c13-9-4-2-1-3-8(9)5-12(16)15-11-7-19(17,18)6-10(11)14/h1-4,10-11H,5-7H2,(H,15,16)/t10-,11+/m0/s1. The van der Waals surface area contributed by atoms with E-state index in [0.717, 1.165) is 0 Å². The number of hydrogen-bond acceptors (Lipinski definition) is 3. The smallest absolute Gasteiger partial charge is 0.224 e. The van der Waals surface area contributed by atoms with Gasteiger partial charge in [-0.25, -0.2) is 8.42 Å². The normalized spacial score (nSPS) is 25.2. The summed E-state index contributed by atoms with van der Waals surface area (Å²) < 4.78 is 22.8. The van der Waals surface area contributed by atoms with Gasteiger partial charge in [0.1, 0.15) is 0 Å². The van der Waals surface area contributed by atoms with Crippen molar-refractivity contribution in [2.75, 3.05) is 11.5 Å². The molecule has 104 valence electrons. The average Bonchev–Trinajstić information content (AvgIpc) is 2.55. The number of sulfone groups is 1. The Bertz CT molecular complexity index is 588. The van der Waals surface area contributed by atoms with Crippen molar-refractivity contribution < 1.29 is 13.2 Å². The van der Waals surface area contributed by atoms with Crippen LogP contribution < -0.4 is 5.32 Å². The van der Waals surface area contributed by atoms with Crippen LogP contribution in [0.1, 0.15) is 5.56 Å². The van der Waals surface area contributed by atoms with E-state index in [9.17, 15) is 13.2 Å². The molecule has 2 atom stereocenters. The number of halogens is 2. The molecule has 19 heavy (non-hydrogen) atoms. The Kier molecular flexibility index (Phi) is 4.38. The van der Waals surface area contributed by atoms with E-state index < -0.39 is 21.3 Å². The predicted molar refractivity (Wildman–Crippen MR) is 75.4 cm³/mol. The van der Waals surface area contributed by atoms with Gasteiger partial charge < -0.3 is 5.32 Å². The molecule has 0 unspecified atom stereocenters. The maximum atomic E-state index is 11.9. The molecule has 0 saturated carbocycles. The molecule has 1 aliphatic heterocycles. The molecule has 2 rings (SSSR count). The fourth-order valence-corrected chi connectivity index (χ4v) is 4.76. The van der Waals surface area contributed by atoms with Crippen LogP contribution in [0.25, 0.3) is 0 Å². The quantitative estimate of drug-likeness (QED) is 0.856. The van der Waals surface area contributed by atoms with Crippen LogP contribution in [-0.2, 0) is 21.1 Å². The summed E-state index contributed by atoms with van der Waals surface area (Å²) >= 11 is 11.9. The Morgan fingerprint density at radius 3 is 2.58 bits per heavy atom. The van der Waals surface area contributed by atoms with E-state index in [4.69, 9.17) is 23.2 Å². The SMILES string of the molecule is O=C(Cc1ccccc1Cl)N[C@@H]1CS(=O)(=O)C[C@@H]1Cl. The van der Waals surface area contributed by atoms with Crippen LogP contribution in [0.15, 0.2) is 24.3 Å². The highest BCUT2D eigenvalue weighted by atomic mass is 35.5. The van der Waals surface area contributed by atoms with Gasteiger partial charge in [0.15, 0.2) is 9.84 Å². The zero-order valence-electron chi connectivity index (χ0n) is 9.97. The van der Waals surface area contributed by atoms with Crippen LogP contribution in [-0.4, -0.2) is 37.2 Å². The number of rotatable bonds is 3. The molecule has 1 N–H and O–H groups in total. The molecule has 1 aromatic carbocycles. The van der Waals surface area contributed by atoms with Gasteiger partial charge in [-0.1, -0.05) is 29.8 Å².